The van der Waals surface area contributed by atoms with Gasteiger partial charge in [-0.2, -0.15) is 4.98 Å². The van der Waals surface area contributed by atoms with Gasteiger partial charge in [0, 0.05) is 0 Å². The SMILES string of the molecule is CC(C)[C@H](NC(N)=O)C(=O)OCC(CO)OCn1cnc2c(=O)[nH]c(N)nc21. The Morgan fingerprint density at radius 3 is 2.75 bits per heavy atom. The van der Waals surface area contributed by atoms with E-state index in [1.165, 1.54) is 10.9 Å². The third-order valence-electron chi connectivity index (χ3n) is 3.78. The van der Waals surface area contributed by atoms with Gasteiger partial charge in [-0.3, -0.25) is 14.3 Å². The highest BCUT2D eigenvalue weighted by Crippen LogP contribution is 2.08. The average Bonchev–Trinajstić information content (AvgIpc) is 3.02. The van der Waals surface area contributed by atoms with E-state index in [2.05, 4.69) is 20.3 Å². The number of urea groups is 1. The lowest BCUT2D eigenvalue weighted by Gasteiger charge is -2.21. The molecule has 2 heterocycles. The summed E-state index contributed by atoms with van der Waals surface area (Å²) in [6, 6.07) is -1.77. The molecule has 0 aliphatic carbocycles. The Morgan fingerprint density at radius 2 is 2.14 bits per heavy atom. The summed E-state index contributed by atoms with van der Waals surface area (Å²) in [4.78, 5) is 45.1. The molecule has 2 aromatic heterocycles. The van der Waals surface area contributed by atoms with Gasteiger partial charge in [0.1, 0.15) is 25.5 Å². The fourth-order valence-corrected chi connectivity index (χ4v) is 2.32. The minimum absolute atomic E-state index is 0.0754. The van der Waals surface area contributed by atoms with Crippen LogP contribution in [0.1, 0.15) is 13.8 Å². The Bertz CT molecular complexity index is 893. The molecular formula is C15H23N7O6. The highest BCUT2D eigenvalue weighted by molar-refractivity contribution is 5.83. The van der Waals surface area contributed by atoms with Crippen molar-refractivity contribution in [3.05, 3.63) is 16.7 Å². The number of aromatic nitrogens is 4. The second-order valence-electron chi connectivity index (χ2n) is 6.30. The maximum absolute atomic E-state index is 12.1. The van der Waals surface area contributed by atoms with Crippen molar-refractivity contribution in [2.75, 3.05) is 18.9 Å². The summed E-state index contributed by atoms with van der Waals surface area (Å²) in [6.45, 7) is 2.61. The molecule has 2 aromatic rings. The van der Waals surface area contributed by atoms with Crippen LogP contribution in [0.4, 0.5) is 10.7 Å². The van der Waals surface area contributed by atoms with E-state index in [0.29, 0.717) is 0 Å². The molecule has 154 valence electrons. The third kappa shape index (κ3) is 5.17. The molecule has 2 atom stereocenters. The summed E-state index contributed by atoms with van der Waals surface area (Å²) < 4.78 is 12.0. The number of imidazole rings is 1. The van der Waals surface area contributed by atoms with E-state index in [4.69, 9.17) is 20.9 Å². The van der Waals surface area contributed by atoms with Crippen LogP contribution in [0.5, 0.6) is 0 Å². The van der Waals surface area contributed by atoms with Crippen LogP contribution in [-0.2, 0) is 21.0 Å². The van der Waals surface area contributed by atoms with Crippen LogP contribution in [0.15, 0.2) is 11.1 Å². The summed E-state index contributed by atoms with van der Waals surface area (Å²) in [5.74, 6) is -1.03. The van der Waals surface area contributed by atoms with Crippen LogP contribution in [0.3, 0.4) is 0 Å². The Kier molecular flexibility index (Phi) is 6.89. The van der Waals surface area contributed by atoms with Crippen LogP contribution >= 0.6 is 0 Å². The molecule has 13 nitrogen and oxygen atoms in total. The van der Waals surface area contributed by atoms with Gasteiger partial charge in [-0.25, -0.2) is 14.6 Å². The largest absolute Gasteiger partial charge is 0.461 e. The smallest absolute Gasteiger partial charge is 0.329 e. The molecule has 2 rings (SSSR count). The molecular weight excluding hydrogens is 374 g/mol. The number of nitrogens with two attached hydrogens (primary N) is 2. The number of nitrogen functional groups attached to an aromatic ring is 1. The number of anilines is 1. The molecule has 13 heteroatoms. The fraction of sp³-hybridized carbons (Fsp3) is 0.533. The highest BCUT2D eigenvalue weighted by Gasteiger charge is 2.26. The number of rotatable bonds is 9. The second-order valence-corrected chi connectivity index (χ2v) is 6.30. The number of aliphatic hydroxyl groups is 1. The number of esters is 1. The lowest BCUT2D eigenvalue weighted by atomic mass is 10.1. The van der Waals surface area contributed by atoms with Crippen molar-refractivity contribution in [1.82, 2.24) is 24.8 Å². The molecule has 0 fully saturated rings. The van der Waals surface area contributed by atoms with Gasteiger partial charge >= 0.3 is 12.0 Å². The molecule has 7 N–H and O–H groups in total. The molecule has 0 radical (unpaired) electrons. The molecule has 28 heavy (non-hydrogen) atoms. The van der Waals surface area contributed by atoms with Crippen molar-refractivity contribution in [3.63, 3.8) is 0 Å². The lowest BCUT2D eigenvalue weighted by Crippen LogP contribution is -2.48. The first-order valence-corrected chi connectivity index (χ1v) is 8.38. The number of amides is 2. The number of hydrogen-bond acceptors (Lipinski definition) is 9. The van der Waals surface area contributed by atoms with Crippen molar-refractivity contribution < 1.29 is 24.2 Å². The van der Waals surface area contributed by atoms with Crippen molar-refractivity contribution in [2.24, 2.45) is 11.7 Å². The summed E-state index contributed by atoms with van der Waals surface area (Å²) in [5, 5.41) is 11.7. The molecule has 0 aliphatic heterocycles. The number of nitrogens with one attached hydrogen (secondary N) is 2. The van der Waals surface area contributed by atoms with Gasteiger partial charge in [-0.1, -0.05) is 13.8 Å². The molecule has 0 aromatic carbocycles. The van der Waals surface area contributed by atoms with Gasteiger partial charge in [0.2, 0.25) is 5.95 Å². The van der Waals surface area contributed by atoms with Crippen LogP contribution in [-0.4, -0.2) is 62.0 Å². The quantitative estimate of drug-likeness (QED) is 0.305. The van der Waals surface area contributed by atoms with Crippen molar-refractivity contribution >= 4 is 29.1 Å². The van der Waals surface area contributed by atoms with E-state index in [0.717, 1.165) is 0 Å². The monoisotopic (exact) mass is 397 g/mol. The topological polar surface area (TPSA) is 200 Å². The van der Waals surface area contributed by atoms with Crippen molar-refractivity contribution in [1.29, 1.82) is 0 Å². The van der Waals surface area contributed by atoms with Gasteiger partial charge in [-0.05, 0) is 5.92 Å². The number of nitrogens with zero attached hydrogens (tertiary/aromatic N) is 3. The number of ether oxygens (including phenoxy) is 2. The molecule has 0 spiro atoms. The summed E-state index contributed by atoms with van der Waals surface area (Å²) in [5.41, 5.74) is 10.4. The summed E-state index contributed by atoms with van der Waals surface area (Å²) >= 11 is 0. The van der Waals surface area contributed by atoms with Crippen LogP contribution in [0.2, 0.25) is 0 Å². The standard InChI is InChI=1S/C15H23N7O6/c1-7(2)9(19-15(17)26)13(25)27-4-8(3-23)28-6-22-5-18-10-11(22)20-14(16)21-12(10)24/h5,7-9,23H,3-4,6H2,1-2H3,(H3,17,19,26)(H3,16,20,21,24)/t8?,9-/m0/s1. The van der Waals surface area contributed by atoms with Crippen molar-refractivity contribution in [3.8, 4) is 0 Å². The predicted octanol–water partition coefficient (Wildman–Crippen LogP) is -1.73. The van der Waals surface area contributed by atoms with Gasteiger partial charge < -0.3 is 31.4 Å². The third-order valence-corrected chi connectivity index (χ3v) is 3.78. The van der Waals surface area contributed by atoms with E-state index >= 15 is 0 Å². The minimum atomic E-state index is -0.923. The number of fused-ring (bicyclic) bond motifs is 1. The molecule has 0 saturated carbocycles. The van der Waals surface area contributed by atoms with Crippen LogP contribution < -0.4 is 22.3 Å². The number of aromatic amines is 1. The van der Waals surface area contributed by atoms with Gasteiger partial charge in [0.05, 0.1) is 12.9 Å². The average molecular weight is 397 g/mol. The van der Waals surface area contributed by atoms with E-state index < -0.39 is 36.3 Å². The van der Waals surface area contributed by atoms with Crippen molar-refractivity contribution in [2.45, 2.75) is 32.7 Å². The number of carbonyl (C=O) groups is 2. The Balaban J connectivity index is 1.97. The van der Waals surface area contributed by atoms with Crippen LogP contribution in [0.25, 0.3) is 11.2 Å². The molecule has 0 aliphatic rings. The summed E-state index contributed by atoms with van der Waals surface area (Å²) in [6.07, 6.45) is 0.473. The molecule has 0 saturated heterocycles. The zero-order chi connectivity index (χ0) is 20.8. The van der Waals surface area contributed by atoms with Gasteiger partial charge in [-0.15, -0.1) is 0 Å². The lowest BCUT2D eigenvalue weighted by molar-refractivity contribution is -0.153. The zero-order valence-electron chi connectivity index (χ0n) is 15.4. The second kappa shape index (κ2) is 9.14. The number of H-pyrrole nitrogens is 1. The first-order chi connectivity index (χ1) is 13.2. The molecule has 2 amide bonds. The van der Waals surface area contributed by atoms with Gasteiger partial charge in [0.15, 0.2) is 11.2 Å². The number of aliphatic hydroxyl groups excluding tert-OH is 1. The van der Waals surface area contributed by atoms with E-state index in [1.807, 2.05) is 0 Å². The number of primary amides is 1. The van der Waals surface area contributed by atoms with E-state index in [-0.39, 0.29) is 36.4 Å². The normalized spacial score (nSPS) is 13.4. The van der Waals surface area contributed by atoms with Gasteiger partial charge in [0.25, 0.3) is 5.56 Å². The van der Waals surface area contributed by atoms with Crippen LogP contribution in [0, 0.1) is 5.92 Å². The Hall–Kier alpha value is -3.19. The predicted molar refractivity (Wildman–Crippen MR) is 96.8 cm³/mol. The maximum atomic E-state index is 12.1. The van der Waals surface area contributed by atoms with E-state index in [1.54, 1.807) is 13.8 Å². The first kappa shape index (κ1) is 21.1. The Morgan fingerprint density at radius 1 is 1.43 bits per heavy atom. The first-order valence-electron chi connectivity index (χ1n) is 8.38. The summed E-state index contributed by atoms with van der Waals surface area (Å²) in [7, 11) is 0. The molecule has 1 unspecified atom stereocenters. The highest BCUT2D eigenvalue weighted by atomic mass is 16.6. The zero-order valence-corrected chi connectivity index (χ0v) is 15.4. The number of carbonyl (C=O) groups excluding carboxylic acids is 2. The van der Waals surface area contributed by atoms with E-state index in [9.17, 15) is 19.5 Å². The fourth-order valence-electron chi connectivity index (χ4n) is 2.32. The minimum Gasteiger partial charge on any atom is -0.461 e. The number of hydrogen-bond donors (Lipinski definition) is 5. The molecule has 0 bridgehead atoms. The Labute approximate surface area is 159 Å². The maximum Gasteiger partial charge on any atom is 0.329 e.